The van der Waals surface area contributed by atoms with Gasteiger partial charge in [0.1, 0.15) is 4.90 Å². The Balaban J connectivity index is 1.59. The van der Waals surface area contributed by atoms with Gasteiger partial charge >= 0.3 is 0 Å². The molecule has 1 aromatic carbocycles. The quantitative estimate of drug-likeness (QED) is 0.871. The summed E-state index contributed by atoms with van der Waals surface area (Å²) in [4.78, 5) is 12.2. The normalized spacial score (nSPS) is 20.1. The van der Waals surface area contributed by atoms with Gasteiger partial charge in [-0.05, 0) is 25.0 Å². The highest BCUT2D eigenvalue weighted by Gasteiger charge is 2.25. The van der Waals surface area contributed by atoms with Crippen LogP contribution in [-0.4, -0.2) is 31.3 Å². The van der Waals surface area contributed by atoms with Crippen molar-refractivity contribution in [3.8, 4) is 0 Å². The topological polar surface area (TPSA) is 87.6 Å². The summed E-state index contributed by atoms with van der Waals surface area (Å²) in [5, 5.41) is 6.21. The van der Waals surface area contributed by atoms with E-state index in [0.29, 0.717) is 5.69 Å². The highest BCUT2D eigenvalue weighted by Crippen LogP contribution is 2.28. The largest absolute Gasteiger partial charge is 0.353 e. The zero-order valence-electron chi connectivity index (χ0n) is 12.6. The first-order valence-electron chi connectivity index (χ1n) is 7.68. The van der Waals surface area contributed by atoms with E-state index >= 15 is 0 Å². The Kier molecular flexibility index (Phi) is 4.91. The van der Waals surface area contributed by atoms with Gasteiger partial charge in [-0.25, -0.2) is 0 Å². The van der Waals surface area contributed by atoms with E-state index in [4.69, 9.17) is 0 Å². The summed E-state index contributed by atoms with van der Waals surface area (Å²) >= 11 is 1.11. The van der Waals surface area contributed by atoms with Crippen LogP contribution in [0.25, 0.3) is 0 Å². The van der Waals surface area contributed by atoms with E-state index in [1.54, 1.807) is 18.2 Å². The van der Waals surface area contributed by atoms with Crippen LogP contribution in [-0.2, 0) is 14.8 Å². The highest BCUT2D eigenvalue weighted by atomic mass is 32.2. The van der Waals surface area contributed by atoms with Gasteiger partial charge in [0.25, 0.3) is 10.0 Å². The fourth-order valence-electron chi connectivity index (χ4n) is 2.80. The second kappa shape index (κ2) is 6.92. The average Bonchev–Trinajstić information content (AvgIpc) is 2.53. The summed E-state index contributed by atoms with van der Waals surface area (Å²) in [7, 11) is -3.69. The van der Waals surface area contributed by atoms with E-state index in [0.717, 1.165) is 37.4 Å². The van der Waals surface area contributed by atoms with E-state index < -0.39 is 10.0 Å². The molecule has 0 radical (unpaired) electrons. The van der Waals surface area contributed by atoms with Crippen LogP contribution >= 0.6 is 11.8 Å². The van der Waals surface area contributed by atoms with Gasteiger partial charge in [-0.3, -0.25) is 4.79 Å². The third-order valence-electron chi connectivity index (χ3n) is 3.92. The minimum Gasteiger partial charge on any atom is -0.353 e. The van der Waals surface area contributed by atoms with Crippen molar-refractivity contribution < 1.29 is 13.2 Å². The fraction of sp³-hybridized carbons (Fsp3) is 0.467. The fourth-order valence-corrected chi connectivity index (χ4v) is 4.85. The molecule has 23 heavy (non-hydrogen) atoms. The van der Waals surface area contributed by atoms with Crippen LogP contribution in [0.5, 0.6) is 0 Å². The van der Waals surface area contributed by atoms with Crippen molar-refractivity contribution in [1.29, 1.82) is 0 Å². The van der Waals surface area contributed by atoms with Gasteiger partial charge in [-0.1, -0.05) is 43.2 Å². The van der Waals surface area contributed by atoms with Crippen molar-refractivity contribution >= 4 is 38.5 Å². The van der Waals surface area contributed by atoms with E-state index in [1.165, 1.54) is 12.5 Å². The minimum atomic E-state index is -3.69. The van der Waals surface area contributed by atoms with Crippen LogP contribution < -0.4 is 10.6 Å². The van der Waals surface area contributed by atoms with E-state index in [1.807, 2.05) is 0 Å². The zero-order chi connectivity index (χ0) is 16.3. The van der Waals surface area contributed by atoms with Crippen LogP contribution in [0.1, 0.15) is 32.1 Å². The molecule has 6 nitrogen and oxygen atoms in total. The number of rotatable bonds is 3. The standard InChI is InChI=1S/C15H19N3O3S2/c19-14(16-11-6-2-1-3-7-11)10-22-15-17-12-8-4-5-9-13(12)23(20,21)18-15/h4-5,8-9,11H,1-3,6-7,10H2,(H,16,19)(H,17,18). The summed E-state index contributed by atoms with van der Waals surface area (Å²) in [5.74, 6) is 0.0719. The molecule has 1 fully saturated rings. The highest BCUT2D eigenvalue weighted by molar-refractivity contribution is 8.15. The summed E-state index contributed by atoms with van der Waals surface area (Å²) < 4.78 is 27.9. The number of carbonyl (C=O) groups excluding carboxylic acids is 1. The molecule has 2 N–H and O–H groups in total. The summed E-state index contributed by atoms with van der Waals surface area (Å²) in [6, 6.07) is 6.86. The number of para-hydroxylation sites is 1. The number of anilines is 1. The van der Waals surface area contributed by atoms with Crippen molar-refractivity contribution in [2.45, 2.75) is 43.0 Å². The number of thioether (sulfide) groups is 1. The lowest BCUT2D eigenvalue weighted by Crippen LogP contribution is -2.37. The van der Waals surface area contributed by atoms with Crippen molar-refractivity contribution in [2.24, 2.45) is 4.40 Å². The predicted octanol–water partition coefficient (Wildman–Crippen LogP) is 2.34. The Morgan fingerprint density at radius 1 is 1.26 bits per heavy atom. The maximum Gasteiger partial charge on any atom is 0.286 e. The lowest BCUT2D eigenvalue weighted by Gasteiger charge is -2.23. The summed E-state index contributed by atoms with van der Waals surface area (Å²) in [6.45, 7) is 0. The van der Waals surface area contributed by atoms with Crippen molar-refractivity contribution in [3.05, 3.63) is 24.3 Å². The molecule has 1 saturated carbocycles. The summed E-state index contributed by atoms with van der Waals surface area (Å²) in [5.41, 5.74) is 0.498. The van der Waals surface area contributed by atoms with Gasteiger partial charge in [-0.15, -0.1) is 4.40 Å². The molecule has 0 aromatic heterocycles. The van der Waals surface area contributed by atoms with Crippen LogP contribution in [0.3, 0.4) is 0 Å². The molecule has 1 aromatic rings. The Morgan fingerprint density at radius 3 is 2.78 bits per heavy atom. The predicted molar refractivity (Wildman–Crippen MR) is 92.2 cm³/mol. The first kappa shape index (κ1) is 16.3. The molecular formula is C15H19N3O3S2. The smallest absolute Gasteiger partial charge is 0.286 e. The molecule has 0 spiro atoms. The maximum absolute atomic E-state index is 12.1. The SMILES string of the molecule is O=C(CSC1=NS(=O)(=O)c2ccccc2N1)NC1CCCCC1. The number of hydrogen-bond acceptors (Lipinski definition) is 5. The molecule has 0 unspecified atom stereocenters. The Bertz CT molecular complexity index is 725. The van der Waals surface area contributed by atoms with Gasteiger partial charge in [0.2, 0.25) is 5.91 Å². The number of amidine groups is 1. The number of nitrogens with zero attached hydrogens (tertiary/aromatic N) is 1. The molecular weight excluding hydrogens is 334 g/mol. The molecule has 3 rings (SSSR count). The van der Waals surface area contributed by atoms with Gasteiger partial charge in [0.15, 0.2) is 5.17 Å². The molecule has 2 aliphatic rings. The monoisotopic (exact) mass is 353 g/mol. The molecule has 1 aliphatic heterocycles. The molecule has 124 valence electrons. The summed E-state index contributed by atoms with van der Waals surface area (Å²) in [6.07, 6.45) is 5.59. The van der Waals surface area contributed by atoms with Crippen LogP contribution in [0.4, 0.5) is 5.69 Å². The third-order valence-corrected chi connectivity index (χ3v) is 6.24. The van der Waals surface area contributed by atoms with Gasteiger partial charge < -0.3 is 10.6 Å². The van der Waals surface area contributed by atoms with Crippen LogP contribution in [0, 0.1) is 0 Å². The van der Waals surface area contributed by atoms with E-state index in [2.05, 4.69) is 15.0 Å². The first-order chi connectivity index (χ1) is 11.0. The van der Waals surface area contributed by atoms with Crippen molar-refractivity contribution in [2.75, 3.05) is 11.1 Å². The van der Waals surface area contributed by atoms with Gasteiger partial charge in [0.05, 0.1) is 11.4 Å². The second-order valence-corrected chi connectivity index (χ2v) is 8.22. The number of hydrogen-bond donors (Lipinski definition) is 2. The minimum absolute atomic E-state index is 0.0809. The van der Waals surface area contributed by atoms with E-state index in [9.17, 15) is 13.2 Å². The van der Waals surface area contributed by atoms with Crippen LogP contribution in [0.15, 0.2) is 33.6 Å². The number of sulfonamides is 1. The van der Waals surface area contributed by atoms with Gasteiger partial charge in [0, 0.05) is 6.04 Å². The maximum atomic E-state index is 12.1. The number of fused-ring (bicyclic) bond motifs is 1. The van der Waals surface area contributed by atoms with Crippen molar-refractivity contribution in [3.63, 3.8) is 0 Å². The lowest BCUT2D eigenvalue weighted by atomic mass is 9.95. The number of amides is 1. The third kappa shape index (κ3) is 4.06. The average molecular weight is 353 g/mol. The molecule has 1 heterocycles. The first-order valence-corrected chi connectivity index (χ1v) is 10.1. The van der Waals surface area contributed by atoms with Crippen LogP contribution in [0.2, 0.25) is 0 Å². The molecule has 1 aliphatic carbocycles. The second-order valence-electron chi connectivity index (χ2n) is 5.68. The molecule has 1 amide bonds. The number of nitrogens with one attached hydrogen (secondary N) is 2. The lowest BCUT2D eigenvalue weighted by molar-refractivity contribution is -0.119. The molecule has 0 bridgehead atoms. The molecule has 0 atom stereocenters. The Labute approximate surface area is 140 Å². The Morgan fingerprint density at radius 2 is 2.00 bits per heavy atom. The zero-order valence-corrected chi connectivity index (χ0v) is 14.3. The molecule has 0 saturated heterocycles. The van der Waals surface area contributed by atoms with E-state index in [-0.39, 0.29) is 27.8 Å². The van der Waals surface area contributed by atoms with Crippen molar-refractivity contribution in [1.82, 2.24) is 5.32 Å². The Hall–Kier alpha value is -1.54. The number of carbonyl (C=O) groups is 1. The number of benzene rings is 1. The van der Waals surface area contributed by atoms with Gasteiger partial charge in [-0.2, -0.15) is 8.42 Å². The molecule has 8 heteroatoms.